The molecule has 0 aliphatic carbocycles. The first-order valence-corrected chi connectivity index (χ1v) is 9.57. The number of benzene rings is 1. The summed E-state index contributed by atoms with van der Waals surface area (Å²) in [6.07, 6.45) is 3.50. The number of nitrogens with one attached hydrogen (secondary N) is 1. The Balaban J connectivity index is 0.00000208. The highest BCUT2D eigenvalue weighted by Crippen LogP contribution is 2.40. The zero-order chi connectivity index (χ0) is 16.7. The van der Waals surface area contributed by atoms with E-state index >= 15 is 0 Å². The number of nitrogens with two attached hydrogens (primary N) is 1. The first-order chi connectivity index (χ1) is 10.8. The molecule has 0 spiro atoms. The standard InChI is InChI=1S/C16H25N3O3S.ClH/c1-16(2)11-14(13-10-12(17)6-7-15(13)22-16)18-23(20,21)19-8-4-3-5-9-19;/h6-7,10,14,18H,3-5,8-9,11,17H2,1-2H3;1H. The summed E-state index contributed by atoms with van der Waals surface area (Å²) in [6, 6.07) is 5.06. The van der Waals surface area contributed by atoms with E-state index in [1.165, 1.54) is 0 Å². The van der Waals surface area contributed by atoms with Crippen molar-refractivity contribution in [3.63, 3.8) is 0 Å². The Morgan fingerprint density at radius 3 is 2.58 bits per heavy atom. The maximum Gasteiger partial charge on any atom is 0.280 e. The fourth-order valence-corrected chi connectivity index (χ4v) is 4.80. The number of ether oxygens (including phenoxy) is 1. The van der Waals surface area contributed by atoms with Crippen molar-refractivity contribution in [1.82, 2.24) is 9.03 Å². The van der Waals surface area contributed by atoms with E-state index in [2.05, 4.69) is 4.72 Å². The van der Waals surface area contributed by atoms with Crippen LogP contribution in [-0.2, 0) is 10.2 Å². The average Bonchev–Trinajstić information content (AvgIpc) is 2.48. The van der Waals surface area contributed by atoms with Gasteiger partial charge in [-0.15, -0.1) is 12.4 Å². The molecule has 0 aromatic heterocycles. The van der Waals surface area contributed by atoms with Gasteiger partial charge in [0.05, 0.1) is 6.04 Å². The van der Waals surface area contributed by atoms with Gasteiger partial charge in [-0.05, 0) is 44.9 Å². The van der Waals surface area contributed by atoms with Gasteiger partial charge in [-0.25, -0.2) is 0 Å². The van der Waals surface area contributed by atoms with Crippen LogP contribution in [0.5, 0.6) is 5.75 Å². The number of piperidine rings is 1. The van der Waals surface area contributed by atoms with Gasteiger partial charge < -0.3 is 10.5 Å². The number of anilines is 1. The Morgan fingerprint density at radius 1 is 1.25 bits per heavy atom. The van der Waals surface area contributed by atoms with E-state index in [-0.39, 0.29) is 18.4 Å². The number of rotatable bonds is 3. The lowest BCUT2D eigenvalue weighted by Gasteiger charge is -2.38. The monoisotopic (exact) mass is 375 g/mol. The lowest BCUT2D eigenvalue weighted by Crippen LogP contribution is -2.47. The smallest absolute Gasteiger partial charge is 0.280 e. The van der Waals surface area contributed by atoms with E-state index in [9.17, 15) is 8.42 Å². The molecule has 2 aliphatic heterocycles. The minimum Gasteiger partial charge on any atom is -0.487 e. The van der Waals surface area contributed by atoms with Crippen LogP contribution in [0.2, 0.25) is 0 Å². The second-order valence-corrected chi connectivity index (χ2v) is 8.70. The number of nitrogen functional groups attached to an aromatic ring is 1. The fraction of sp³-hybridized carbons (Fsp3) is 0.625. The molecule has 1 aromatic carbocycles. The molecule has 0 saturated carbocycles. The molecule has 2 aliphatic rings. The molecule has 0 radical (unpaired) electrons. The minimum atomic E-state index is -3.50. The van der Waals surface area contributed by atoms with Crippen molar-refractivity contribution in [2.75, 3.05) is 18.8 Å². The summed E-state index contributed by atoms with van der Waals surface area (Å²) in [5, 5.41) is 0. The lowest BCUT2D eigenvalue weighted by molar-refractivity contribution is 0.0699. The minimum absolute atomic E-state index is 0. The van der Waals surface area contributed by atoms with Crippen molar-refractivity contribution in [3.8, 4) is 5.75 Å². The van der Waals surface area contributed by atoms with Crippen LogP contribution < -0.4 is 15.2 Å². The maximum absolute atomic E-state index is 12.7. The van der Waals surface area contributed by atoms with Crippen molar-refractivity contribution in [1.29, 1.82) is 0 Å². The molecular weight excluding hydrogens is 350 g/mol. The van der Waals surface area contributed by atoms with Crippen molar-refractivity contribution >= 4 is 28.3 Å². The van der Waals surface area contributed by atoms with E-state index in [4.69, 9.17) is 10.5 Å². The van der Waals surface area contributed by atoms with Gasteiger partial charge in [0, 0.05) is 30.8 Å². The quantitative estimate of drug-likeness (QED) is 0.795. The highest BCUT2D eigenvalue weighted by Gasteiger charge is 2.37. The van der Waals surface area contributed by atoms with Crippen LogP contribution in [-0.4, -0.2) is 31.4 Å². The highest BCUT2D eigenvalue weighted by molar-refractivity contribution is 7.87. The molecule has 1 aromatic rings. The molecule has 3 rings (SSSR count). The van der Waals surface area contributed by atoms with Gasteiger partial charge in [0.2, 0.25) is 0 Å². The topological polar surface area (TPSA) is 84.7 Å². The maximum atomic E-state index is 12.7. The SMILES string of the molecule is CC1(C)CC(NS(=O)(=O)N2CCCCC2)c2cc(N)ccc2O1.Cl. The Morgan fingerprint density at radius 2 is 1.92 bits per heavy atom. The van der Waals surface area contributed by atoms with E-state index < -0.39 is 15.8 Å². The van der Waals surface area contributed by atoms with Crippen LogP contribution in [0.25, 0.3) is 0 Å². The van der Waals surface area contributed by atoms with Gasteiger partial charge in [0.15, 0.2) is 0 Å². The summed E-state index contributed by atoms with van der Waals surface area (Å²) < 4.78 is 35.8. The normalized spacial score (nSPS) is 23.7. The zero-order valence-electron chi connectivity index (χ0n) is 14.1. The molecule has 2 heterocycles. The largest absolute Gasteiger partial charge is 0.487 e. The summed E-state index contributed by atoms with van der Waals surface area (Å²) in [4.78, 5) is 0. The van der Waals surface area contributed by atoms with Gasteiger partial charge >= 0.3 is 0 Å². The highest BCUT2D eigenvalue weighted by atomic mass is 35.5. The van der Waals surface area contributed by atoms with E-state index in [0.29, 0.717) is 30.9 Å². The van der Waals surface area contributed by atoms with E-state index in [0.717, 1.165) is 24.8 Å². The number of fused-ring (bicyclic) bond motifs is 1. The molecule has 0 bridgehead atoms. The molecule has 24 heavy (non-hydrogen) atoms. The number of hydrogen-bond acceptors (Lipinski definition) is 4. The summed E-state index contributed by atoms with van der Waals surface area (Å²) >= 11 is 0. The van der Waals surface area contributed by atoms with Gasteiger partial charge in [-0.1, -0.05) is 6.42 Å². The van der Waals surface area contributed by atoms with Crippen molar-refractivity contribution in [2.45, 2.75) is 51.2 Å². The molecule has 1 unspecified atom stereocenters. The Kier molecular flexibility index (Phi) is 5.69. The van der Waals surface area contributed by atoms with Crippen LogP contribution in [0.3, 0.4) is 0 Å². The second kappa shape index (κ2) is 7.07. The third-order valence-corrected chi connectivity index (χ3v) is 6.06. The predicted octanol–water partition coefficient (Wildman–Crippen LogP) is 2.61. The van der Waals surface area contributed by atoms with Crippen molar-refractivity contribution in [3.05, 3.63) is 23.8 Å². The lowest BCUT2D eigenvalue weighted by atomic mass is 9.90. The molecule has 136 valence electrons. The third kappa shape index (κ3) is 4.14. The Hall–Kier alpha value is -1.02. The molecular formula is C16H26ClN3O3S. The van der Waals surface area contributed by atoms with Crippen molar-refractivity contribution < 1.29 is 13.2 Å². The Labute approximate surface area is 150 Å². The molecule has 1 fully saturated rings. The van der Waals surface area contributed by atoms with Gasteiger partial charge in [-0.2, -0.15) is 17.4 Å². The number of nitrogens with zero attached hydrogens (tertiary/aromatic N) is 1. The number of hydrogen-bond donors (Lipinski definition) is 2. The van der Waals surface area contributed by atoms with Crippen LogP contribution in [0.1, 0.15) is 51.1 Å². The van der Waals surface area contributed by atoms with E-state index in [1.54, 1.807) is 16.4 Å². The summed E-state index contributed by atoms with van der Waals surface area (Å²) in [5.74, 6) is 0.696. The van der Waals surface area contributed by atoms with Crippen LogP contribution in [0, 0.1) is 0 Å². The van der Waals surface area contributed by atoms with E-state index in [1.807, 2.05) is 19.9 Å². The molecule has 0 amide bonds. The summed E-state index contributed by atoms with van der Waals surface area (Å²) in [6.45, 7) is 5.11. The van der Waals surface area contributed by atoms with Crippen LogP contribution in [0.4, 0.5) is 5.69 Å². The average molecular weight is 376 g/mol. The molecule has 3 N–H and O–H groups in total. The van der Waals surface area contributed by atoms with Crippen LogP contribution >= 0.6 is 12.4 Å². The van der Waals surface area contributed by atoms with Gasteiger partial charge in [0.25, 0.3) is 10.2 Å². The first-order valence-electron chi connectivity index (χ1n) is 8.13. The first kappa shape index (κ1) is 19.3. The molecule has 8 heteroatoms. The second-order valence-electron chi connectivity index (χ2n) is 7.00. The summed E-state index contributed by atoms with van der Waals surface area (Å²) in [7, 11) is -3.50. The molecule has 1 saturated heterocycles. The molecule has 1 atom stereocenters. The van der Waals surface area contributed by atoms with Gasteiger partial charge in [-0.3, -0.25) is 0 Å². The third-order valence-electron chi connectivity index (χ3n) is 4.44. The summed E-state index contributed by atoms with van der Waals surface area (Å²) in [5.41, 5.74) is 6.86. The number of halogens is 1. The fourth-order valence-electron chi connectivity index (χ4n) is 3.34. The zero-order valence-corrected chi connectivity index (χ0v) is 15.8. The van der Waals surface area contributed by atoms with Gasteiger partial charge in [0.1, 0.15) is 11.4 Å². The predicted molar refractivity (Wildman–Crippen MR) is 97.6 cm³/mol. The molecule has 6 nitrogen and oxygen atoms in total. The van der Waals surface area contributed by atoms with Crippen molar-refractivity contribution in [2.24, 2.45) is 0 Å². The van der Waals surface area contributed by atoms with Crippen LogP contribution in [0.15, 0.2) is 18.2 Å². The Bertz CT molecular complexity index is 688.